The van der Waals surface area contributed by atoms with E-state index in [1.807, 2.05) is 0 Å². The van der Waals surface area contributed by atoms with Gasteiger partial charge in [0.15, 0.2) is 0 Å². The molecule has 0 aliphatic heterocycles. The highest BCUT2D eigenvalue weighted by Gasteiger charge is 2.13. The second-order valence-corrected chi connectivity index (χ2v) is 7.20. The maximum Gasteiger partial charge on any atom is 0.266 e. The third-order valence-corrected chi connectivity index (χ3v) is 4.68. The molecule has 3 N–H and O–H groups in total. The Morgan fingerprint density at radius 3 is 2.16 bits per heavy atom. The predicted molar refractivity (Wildman–Crippen MR) is 96.5 cm³/mol. The van der Waals surface area contributed by atoms with Crippen LogP contribution in [0.1, 0.15) is 5.56 Å². The average Bonchev–Trinajstić information content (AvgIpc) is 2.54. The van der Waals surface area contributed by atoms with E-state index < -0.39 is 15.9 Å². The number of carbonyl (C=O) groups is 1. The second kappa shape index (κ2) is 7.68. The molecule has 2 rings (SSSR count). The van der Waals surface area contributed by atoms with Crippen LogP contribution in [0.3, 0.4) is 0 Å². The lowest BCUT2D eigenvalue weighted by Gasteiger charge is -2.06. The molecule has 1 amide bonds. The number of nitrogens with two attached hydrogens (primary N) is 1. The highest BCUT2D eigenvalue weighted by atomic mass is 35.5. The summed E-state index contributed by atoms with van der Waals surface area (Å²) in [5.74, 6) is -0.693. The van der Waals surface area contributed by atoms with E-state index in [2.05, 4.69) is 5.32 Å². The molecule has 0 saturated carbocycles. The molecule has 0 spiro atoms. The van der Waals surface area contributed by atoms with Gasteiger partial charge >= 0.3 is 0 Å². The topological polar surface area (TPSA) is 113 Å². The molecule has 0 aliphatic carbocycles. The standard InChI is InChI=1S/C16H11Cl2N3O3S/c17-14-2-1-3-15(18)13(14)8-10(9-19)16(22)21-11-4-6-12(7-5-11)25(20,23)24/h1-8H,(H,21,22)(H2,20,23,24)/b10-8+. The number of anilines is 1. The van der Waals surface area contributed by atoms with Gasteiger partial charge in [-0.05, 0) is 42.5 Å². The first-order chi connectivity index (χ1) is 11.7. The van der Waals surface area contributed by atoms with E-state index in [0.29, 0.717) is 21.3 Å². The van der Waals surface area contributed by atoms with Crippen molar-refractivity contribution in [1.82, 2.24) is 0 Å². The molecule has 6 nitrogen and oxygen atoms in total. The van der Waals surface area contributed by atoms with E-state index >= 15 is 0 Å². The first-order valence-corrected chi connectivity index (χ1v) is 9.02. The number of benzene rings is 2. The zero-order chi connectivity index (χ0) is 18.6. The van der Waals surface area contributed by atoms with E-state index in [1.54, 1.807) is 24.3 Å². The van der Waals surface area contributed by atoms with Crippen LogP contribution in [0.5, 0.6) is 0 Å². The van der Waals surface area contributed by atoms with Crippen LogP contribution in [-0.4, -0.2) is 14.3 Å². The van der Waals surface area contributed by atoms with Crippen molar-refractivity contribution in [2.75, 3.05) is 5.32 Å². The number of carbonyl (C=O) groups excluding carboxylic acids is 1. The van der Waals surface area contributed by atoms with Crippen LogP contribution in [0, 0.1) is 11.3 Å². The number of halogens is 2. The number of hydrogen-bond acceptors (Lipinski definition) is 4. The van der Waals surface area contributed by atoms with Crippen molar-refractivity contribution in [3.05, 3.63) is 63.6 Å². The Kier molecular flexibility index (Phi) is 5.82. The number of rotatable bonds is 4. The normalized spacial score (nSPS) is 11.7. The summed E-state index contributed by atoms with van der Waals surface area (Å²) < 4.78 is 22.4. The van der Waals surface area contributed by atoms with E-state index in [9.17, 15) is 18.5 Å². The van der Waals surface area contributed by atoms with Crippen molar-refractivity contribution in [2.24, 2.45) is 5.14 Å². The number of primary sulfonamides is 1. The molecule has 9 heteroatoms. The van der Waals surface area contributed by atoms with Crippen LogP contribution in [0.25, 0.3) is 6.08 Å². The summed E-state index contributed by atoms with van der Waals surface area (Å²) in [5.41, 5.74) is 0.427. The molecule has 128 valence electrons. The van der Waals surface area contributed by atoms with Crippen LogP contribution in [0.2, 0.25) is 10.0 Å². The maximum atomic E-state index is 12.2. The lowest BCUT2D eigenvalue weighted by Crippen LogP contribution is -2.14. The van der Waals surface area contributed by atoms with Crippen molar-refractivity contribution >= 4 is 50.9 Å². The van der Waals surface area contributed by atoms with Gasteiger partial charge in [-0.15, -0.1) is 0 Å². The van der Waals surface area contributed by atoms with Crippen molar-refractivity contribution in [1.29, 1.82) is 5.26 Å². The summed E-state index contributed by atoms with van der Waals surface area (Å²) in [5, 5.41) is 17.3. The Morgan fingerprint density at radius 1 is 1.12 bits per heavy atom. The van der Waals surface area contributed by atoms with Gasteiger partial charge < -0.3 is 5.32 Å². The Balaban J connectivity index is 2.27. The van der Waals surface area contributed by atoms with Gasteiger partial charge in [0.05, 0.1) is 4.90 Å². The molecular weight excluding hydrogens is 385 g/mol. The highest BCUT2D eigenvalue weighted by molar-refractivity contribution is 7.89. The summed E-state index contributed by atoms with van der Waals surface area (Å²) in [7, 11) is -3.83. The Hall–Kier alpha value is -2.37. The monoisotopic (exact) mass is 395 g/mol. The fraction of sp³-hybridized carbons (Fsp3) is 0. The van der Waals surface area contributed by atoms with E-state index in [-0.39, 0.29) is 10.5 Å². The van der Waals surface area contributed by atoms with E-state index in [1.165, 1.54) is 30.3 Å². The zero-order valence-corrected chi connectivity index (χ0v) is 14.9. The van der Waals surface area contributed by atoms with Crippen molar-refractivity contribution in [3.63, 3.8) is 0 Å². The number of nitrogens with zero attached hydrogens (tertiary/aromatic N) is 1. The maximum absolute atomic E-state index is 12.2. The largest absolute Gasteiger partial charge is 0.321 e. The lowest BCUT2D eigenvalue weighted by molar-refractivity contribution is -0.112. The summed E-state index contributed by atoms with van der Waals surface area (Å²) in [6.07, 6.45) is 1.28. The number of sulfonamides is 1. The summed E-state index contributed by atoms with van der Waals surface area (Å²) in [6.45, 7) is 0. The molecule has 0 unspecified atom stereocenters. The molecule has 25 heavy (non-hydrogen) atoms. The lowest BCUT2D eigenvalue weighted by atomic mass is 10.1. The molecule has 0 radical (unpaired) electrons. The van der Waals surface area contributed by atoms with Crippen molar-refractivity contribution < 1.29 is 13.2 Å². The third kappa shape index (κ3) is 4.81. The van der Waals surface area contributed by atoms with Crippen LogP contribution < -0.4 is 10.5 Å². The fourth-order valence-electron chi connectivity index (χ4n) is 1.87. The van der Waals surface area contributed by atoms with Gasteiger partial charge in [-0.3, -0.25) is 4.79 Å². The molecule has 0 bridgehead atoms. The van der Waals surface area contributed by atoms with Crippen molar-refractivity contribution in [3.8, 4) is 6.07 Å². The first-order valence-electron chi connectivity index (χ1n) is 6.72. The molecule has 2 aromatic carbocycles. The van der Waals surface area contributed by atoms with Crippen LogP contribution in [0.4, 0.5) is 5.69 Å². The summed E-state index contributed by atoms with van der Waals surface area (Å²) in [4.78, 5) is 12.1. The Labute approximate surface area is 154 Å². The quantitative estimate of drug-likeness (QED) is 0.610. The molecule has 2 aromatic rings. The highest BCUT2D eigenvalue weighted by Crippen LogP contribution is 2.27. The molecular formula is C16H11Cl2N3O3S. The van der Waals surface area contributed by atoms with E-state index in [4.69, 9.17) is 28.3 Å². The van der Waals surface area contributed by atoms with Gasteiger partial charge in [0.1, 0.15) is 11.6 Å². The third-order valence-electron chi connectivity index (χ3n) is 3.09. The molecule has 0 fully saturated rings. The Bertz CT molecular complexity index is 974. The van der Waals surface area contributed by atoms with Gasteiger partial charge in [-0.25, -0.2) is 13.6 Å². The average molecular weight is 396 g/mol. The van der Waals surface area contributed by atoms with Crippen LogP contribution in [0.15, 0.2) is 52.9 Å². The molecule has 0 atom stereocenters. The number of nitriles is 1. The minimum absolute atomic E-state index is 0.0932. The number of nitrogens with one attached hydrogen (secondary N) is 1. The fourth-order valence-corrected chi connectivity index (χ4v) is 2.89. The van der Waals surface area contributed by atoms with Crippen LogP contribution in [-0.2, 0) is 14.8 Å². The number of amides is 1. The minimum atomic E-state index is -3.83. The first kappa shape index (κ1) is 19.0. The smallest absolute Gasteiger partial charge is 0.266 e. The molecule has 0 aliphatic rings. The molecule has 0 saturated heterocycles. The van der Waals surface area contributed by atoms with Crippen LogP contribution >= 0.6 is 23.2 Å². The minimum Gasteiger partial charge on any atom is -0.321 e. The van der Waals surface area contributed by atoms with Gasteiger partial charge in [0.2, 0.25) is 10.0 Å². The zero-order valence-electron chi connectivity index (χ0n) is 12.5. The van der Waals surface area contributed by atoms with Gasteiger partial charge in [0.25, 0.3) is 5.91 Å². The molecule has 0 heterocycles. The Morgan fingerprint density at radius 2 is 1.68 bits per heavy atom. The van der Waals surface area contributed by atoms with E-state index in [0.717, 1.165) is 0 Å². The van der Waals surface area contributed by atoms with Crippen molar-refractivity contribution in [2.45, 2.75) is 4.90 Å². The van der Waals surface area contributed by atoms with Gasteiger partial charge in [0, 0.05) is 21.3 Å². The summed E-state index contributed by atoms with van der Waals surface area (Å²) in [6, 6.07) is 11.8. The second-order valence-electron chi connectivity index (χ2n) is 4.83. The number of hydrogen-bond donors (Lipinski definition) is 2. The summed E-state index contributed by atoms with van der Waals surface area (Å²) >= 11 is 12.0. The van der Waals surface area contributed by atoms with Gasteiger partial charge in [-0.1, -0.05) is 29.3 Å². The predicted octanol–water partition coefficient (Wildman–Crippen LogP) is 3.19. The molecule has 0 aromatic heterocycles. The SMILES string of the molecule is N#C/C(=C\c1c(Cl)cccc1Cl)C(=O)Nc1ccc(S(N)(=O)=O)cc1. The van der Waals surface area contributed by atoms with Gasteiger partial charge in [-0.2, -0.15) is 5.26 Å².